The summed E-state index contributed by atoms with van der Waals surface area (Å²) in [5.41, 5.74) is 0.800. The van der Waals surface area contributed by atoms with Gasteiger partial charge in [-0.25, -0.2) is 4.39 Å². The molecule has 1 aromatic rings. The molecule has 0 unspecified atom stereocenters. The molecule has 1 fully saturated rings. The number of nitrogens with one attached hydrogen (secondary N) is 1. The minimum absolute atomic E-state index is 0.0716. The van der Waals surface area contributed by atoms with Gasteiger partial charge in [-0.3, -0.25) is 14.5 Å². The SMILES string of the molecule is CCCC(=O)N(Cc1ccc(F)cc1)[C@@H](C)C(=O)NCCN1CCOCC1. The molecule has 1 saturated heterocycles. The molecule has 1 aromatic carbocycles. The molecule has 1 N–H and O–H groups in total. The molecule has 2 rings (SSSR count). The predicted molar refractivity (Wildman–Crippen MR) is 102 cm³/mol. The Labute approximate surface area is 160 Å². The van der Waals surface area contributed by atoms with Gasteiger partial charge in [0.2, 0.25) is 11.8 Å². The highest BCUT2D eigenvalue weighted by Crippen LogP contribution is 2.12. The highest BCUT2D eigenvalue weighted by atomic mass is 19.1. The van der Waals surface area contributed by atoms with E-state index >= 15 is 0 Å². The minimum atomic E-state index is -0.584. The fourth-order valence-corrected chi connectivity index (χ4v) is 3.04. The second kappa shape index (κ2) is 11.0. The van der Waals surface area contributed by atoms with Crippen molar-refractivity contribution in [2.75, 3.05) is 39.4 Å². The quantitative estimate of drug-likeness (QED) is 0.711. The highest BCUT2D eigenvalue weighted by Gasteiger charge is 2.25. The van der Waals surface area contributed by atoms with Gasteiger partial charge in [-0.15, -0.1) is 0 Å². The van der Waals surface area contributed by atoms with Gasteiger partial charge in [0.25, 0.3) is 0 Å². The average molecular weight is 379 g/mol. The molecule has 1 atom stereocenters. The molecule has 150 valence electrons. The van der Waals surface area contributed by atoms with Crippen molar-refractivity contribution in [3.63, 3.8) is 0 Å². The second-order valence-electron chi connectivity index (χ2n) is 6.82. The molecule has 6 nitrogen and oxygen atoms in total. The number of amides is 2. The molecule has 0 aromatic heterocycles. The van der Waals surface area contributed by atoms with Crippen molar-refractivity contribution in [2.45, 2.75) is 39.3 Å². The van der Waals surface area contributed by atoms with E-state index in [1.807, 2.05) is 6.92 Å². The van der Waals surface area contributed by atoms with Crippen LogP contribution in [0.15, 0.2) is 24.3 Å². The summed E-state index contributed by atoms with van der Waals surface area (Å²) in [6.45, 7) is 8.45. The molecule has 0 bridgehead atoms. The molecule has 0 radical (unpaired) electrons. The van der Waals surface area contributed by atoms with E-state index in [9.17, 15) is 14.0 Å². The van der Waals surface area contributed by atoms with Gasteiger partial charge < -0.3 is 15.0 Å². The summed E-state index contributed by atoms with van der Waals surface area (Å²) in [6, 6.07) is 5.43. The van der Waals surface area contributed by atoms with E-state index in [4.69, 9.17) is 4.74 Å². The number of carbonyl (C=O) groups excluding carboxylic acids is 2. The molecule has 0 saturated carbocycles. The van der Waals surface area contributed by atoms with Crippen LogP contribution in [-0.4, -0.2) is 67.0 Å². The Hall–Kier alpha value is -1.99. The Morgan fingerprint density at radius 1 is 1.26 bits per heavy atom. The summed E-state index contributed by atoms with van der Waals surface area (Å²) in [5.74, 6) is -0.563. The van der Waals surface area contributed by atoms with Gasteiger partial charge in [0.1, 0.15) is 11.9 Å². The van der Waals surface area contributed by atoms with Crippen LogP contribution in [0.25, 0.3) is 0 Å². The standard InChI is InChI=1S/C20H30FN3O3/c1-3-4-19(25)24(15-17-5-7-18(21)8-6-17)16(2)20(26)22-9-10-23-11-13-27-14-12-23/h5-8,16H,3-4,9-15H2,1-2H3,(H,22,26)/t16-/m0/s1. The first-order chi connectivity index (χ1) is 13.0. The van der Waals surface area contributed by atoms with Crippen LogP contribution in [0, 0.1) is 5.82 Å². The van der Waals surface area contributed by atoms with Crippen molar-refractivity contribution in [3.05, 3.63) is 35.6 Å². The molecule has 0 aliphatic carbocycles. The van der Waals surface area contributed by atoms with Gasteiger partial charge in [-0.05, 0) is 31.0 Å². The number of morpholine rings is 1. The number of hydrogen-bond acceptors (Lipinski definition) is 4. The van der Waals surface area contributed by atoms with Gasteiger partial charge in [0, 0.05) is 39.1 Å². The monoisotopic (exact) mass is 379 g/mol. The first-order valence-electron chi connectivity index (χ1n) is 9.63. The lowest BCUT2D eigenvalue weighted by Crippen LogP contribution is -2.49. The smallest absolute Gasteiger partial charge is 0.242 e. The van der Waals surface area contributed by atoms with E-state index in [1.165, 1.54) is 12.1 Å². The van der Waals surface area contributed by atoms with E-state index in [0.717, 1.165) is 38.4 Å². The lowest BCUT2D eigenvalue weighted by molar-refractivity contribution is -0.140. The van der Waals surface area contributed by atoms with E-state index in [-0.39, 0.29) is 24.2 Å². The third kappa shape index (κ3) is 6.92. The lowest BCUT2D eigenvalue weighted by Gasteiger charge is -2.30. The maximum atomic E-state index is 13.1. The zero-order valence-corrected chi connectivity index (χ0v) is 16.2. The highest BCUT2D eigenvalue weighted by molar-refractivity contribution is 5.87. The molecule has 7 heteroatoms. The molecule has 2 amide bonds. The van der Waals surface area contributed by atoms with Gasteiger partial charge in [0.05, 0.1) is 13.2 Å². The number of ether oxygens (including phenoxy) is 1. The molecular weight excluding hydrogens is 349 g/mol. The number of nitrogens with zero attached hydrogens (tertiary/aromatic N) is 2. The van der Waals surface area contributed by atoms with Crippen LogP contribution >= 0.6 is 0 Å². The Balaban J connectivity index is 1.92. The topological polar surface area (TPSA) is 61.9 Å². The van der Waals surface area contributed by atoms with Gasteiger partial charge in [0.15, 0.2) is 0 Å². The first kappa shape index (κ1) is 21.3. The largest absolute Gasteiger partial charge is 0.379 e. The number of benzene rings is 1. The number of carbonyl (C=O) groups is 2. The second-order valence-corrected chi connectivity index (χ2v) is 6.82. The van der Waals surface area contributed by atoms with Crippen LogP contribution in [0.1, 0.15) is 32.3 Å². The van der Waals surface area contributed by atoms with Crippen LogP contribution in [0.2, 0.25) is 0 Å². The average Bonchev–Trinajstić information content (AvgIpc) is 2.68. The van der Waals surface area contributed by atoms with E-state index in [0.29, 0.717) is 19.4 Å². The summed E-state index contributed by atoms with van der Waals surface area (Å²) >= 11 is 0. The maximum absolute atomic E-state index is 13.1. The zero-order chi connectivity index (χ0) is 19.6. The zero-order valence-electron chi connectivity index (χ0n) is 16.2. The number of halogens is 1. The maximum Gasteiger partial charge on any atom is 0.242 e. The van der Waals surface area contributed by atoms with Crippen LogP contribution in [-0.2, 0) is 20.9 Å². The minimum Gasteiger partial charge on any atom is -0.379 e. The normalized spacial score (nSPS) is 16.0. The Kier molecular flexibility index (Phi) is 8.67. The third-order valence-corrected chi connectivity index (χ3v) is 4.73. The van der Waals surface area contributed by atoms with Crippen molar-refractivity contribution in [2.24, 2.45) is 0 Å². The molecule has 0 spiro atoms. The first-order valence-corrected chi connectivity index (χ1v) is 9.63. The van der Waals surface area contributed by atoms with Crippen LogP contribution in [0.5, 0.6) is 0 Å². The van der Waals surface area contributed by atoms with Crippen molar-refractivity contribution >= 4 is 11.8 Å². The van der Waals surface area contributed by atoms with Gasteiger partial charge in [-0.2, -0.15) is 0 Å². The van der Waals surface area contributed by atoms with E-state index < -0.39 is 6.04 Å². The Bertz CT molecular complexity index is 603. The summed E-state index contributed by atoms with van der Waals surface area (Å²) in [4.78, 5) is 28.9. The molecule has 1 aliphatic rings. The number of rotatable bonds is 9. The van der Waals surface area contributed by atoms with Gasteiger partial charge in [-0.1, -0.05) is 19.1 Å². The summed E-state index contributed by atoms with van der Waals surface area (Å²) in [6.07, 6.45) is 1.09. The van der Waals surface area contributed by atoms with Crippen LogP contribution in [0.4, 0.5) is 4.39 Å². The Morgan fingerprint density at radius 2 is 1.93 bits per heavy atom. The predicted octanol–water partition coefficient (Wildman–Crippen LogP) is 1.79. The number of hydrogen-bond donors (Lipinski definition) is 1. The summed E-state index contributed by atoms with van der Waals surface area (Å²) in [5, 5.41) is 2.93. The van der Waals surface area contributed by atoms with Crippen molar-refractivity contribution < 1.29 is 18.7 Å². The summed E-state index contributed by atoms with van der Waals surface area (Å²) < 4.78 is 18.4. The summed E-state index contributed by atoms with van der Waals surface area (Å²) in [7, 11) is 0. The fourth-order valence-electron chi connectivity index (χ4n) is 3.04. The van der Waals surface area contributed by atoms with Crippen molar-refractivity contribution in [3.8, 4) is 0 Å². The molecule has 1 heterocycles. The molecule has 27 heavy (non-hydrogen) atoms. The lowest BCUT2D eigenvalue weighted by atomic mass is 10.1. The fraction of sp³-hybridized carbons (Fsp3) is 0.600. The van der Waals surface area contributed by atoms with Crippen molar-refractivity contribution in [1.82, 2.24) is 15.1 Å². The Morgan fingerprint density at radius 3 is 2.56 bits per heavy atom. The van der Waals surface area contributed by atoms with Crippen molar-refractivity contribution in [1.29, 1.82) is 0 Å². The molecular formula is C20H30FN3O3. The van der Waals surface area contributed by atoms with E-state index in [1.54, 1.807) is 24.0 Å². The van der Waals surface area contributed by atoms with Crippen LogP contribution in [0.3, 0.4) is 0 Å². The molecule has 1 aliphatic heterocycles. The van der Waals surface area contributed by atoms with E-state index in [2.05, 4.69) is 10.2 Å². The van der Waals surface area contributed by atoms with Gasteiger partial charge >= 0.3 is 0 Å². The third-order valence-electron chi connectivity index (χ3n) is 4.73. The van der Waals surface area contributed by atoms with Crippen LogP contribution < -0.4 is 5.32 Å².